The third kappa shape index (κ3) is 154000. The van der Waals surface area contributed by atoms with Gasteiger partial charge in [-0.25, -0.2) is 0 Å². The summed E-state index contributed by atoms with van der Waals surface area (Å²) in [5, 5.41) is 6.76. The van der Waals surface area contributed by atoms with Crippen molar-refractivity contribution in [2.75, 3.05) is 0 Å². The van der Waals surface area contributed by atoms with Crippen LogP contribution in [-0.4, -0.2) is 11.6 Å². The van der Waals surface area contributed by atoms with Crippen LogP contribution < -0.4 is 0 Å². The first-order chi connectivity index (χ1) is 2.41. The van der Waals surface area contributed by atoms with Crippen LogP contribution in [0.5, 0.6) is 0 Å². The summed E-state index contributed by atoms with van der Waals surface area (Å²) < 4.78 is 8.06. The van der Waals surface area contributed by atoms with Gasteiger partial charge in [0.05, 0.1) is 0 Å². The Morgan fingerprint density at radius 3 is 1.60 bits per heavy atom. The minimum atomic E-state index is 0.500. The van der Waals surface area contributed by atoms with Gasteiger partial charge in [-0.05, 0) is 0 Å². The zero-order valence-corrected chi connectivity index (χ0v) is 3.55. The second kappa shape index (κ2) is 35.6. The first-order valence-electron chi connectivity index (χ1n) is 0.551. The van der Waals surface area contributed by atoms with Crippen LogP contribution in [0.25, 0.3) is 0 Å². The minimum absolute atomic E-state index is 0.500. The molecule has 0 aliphatic carbocycles. The molecule has 35 valence electrons. The molecule has 0 bridgehead atoms. The summed E-state index contributed by atoms with van der Waals surface area (Å²) in [6.45, 7) is 0.500. The summed E-state index contributed by atoms with van der Waals surface area (Å²) in [6.07, 6.45) is 0. The van der Waals surface area contributed by atoms with Gasteiger partial charge in [-0.3, -0.25) is 0 Å². The van der Waals surface area contributed by atoms with Crippen molar-refractivity contribution in [2.45, 2.75) is 0 Å². The molecule has 0 aromatic carbocycles. The molecule has 0 amide bonds. The van der Waals surface area contributed by atoms with E-state index in [0.717, 1.165) is 0 Å². The van der Waals surface area contributed by atoms with Crippen molar-refractivity contribution in [3.05, 3.63) is 0 Å². The molecule has 0 radical (unpaired) electrons. The summed E-state index contributed by atoms with van der Waals surface area (Å²) in [6, 6.07) is 0. The second-order valence-corrected chi connectivity index (χ2v) is 0.0913. The Hall–Kier alpha value is 0.0103. The summed E-state index contributed by atoms with van der Waals surface area (Å²) in [5.41, 5.74) is 0. The Balaban J connectivity index is 0. The maximum absolute atomic E-state index is 8.24. The van der Waals surface area contributed by atoms with Crippen molar-refractivity contribution in [3.8, 4) is 0 Å². The van der Waals surface area contributed by atoms with E-state index in [1.165, 1.54) is 0 Å². The van der Waals surface area contributed by atoms with E-state index in [0.29, 0.717) is 6.47 Å². The molecule has 0 rings (SSSR count). The molecule has 1 N–H and O–H groups in total. The van der Waals surface area contributed by atoms with Gasteiger partial charge in [-0.15, -0.1) is 0 Å². The predicted molar refractivity (Wildman–Crippen MR) is 9.01 cm³/mol. The van der Waals surface area contributed by atoms with Crippen molar-refractivity contribution in [3.63, 3.8) is 0 Å². The molecule has 0 unspecified atom stereocenters. The van der Waals surface area contributed by atoms with Gasteiger partial charge in [0.2, 0.25) is 0 Å². The van der Waals surface area contributed by atoms with E-state index in [4.69, 9.17) is 13.2 Å². The Bertz CT molecular complexity index is 20.9. The molecule has 0 aromatic rings. The molecule has 4 heteroatoms. The van der Waals surface area contributed by atoms with Crippen molar-refractivity contribution < 1.29 is 34.2 Å². The van der Waals surface area contributed by atoms with Gasteiger partial charge in [0.1, 0.15) is 0 Å². The molecule has 0 atom stereocenters. The number of aliphatic hydroxyl groups excluding tert-OH is 1. The summed E-state index contributed by atoms with van der Waals surface area (Å²) in [5.74, 6) is 0. The molecule has 0 spiro atoms. The van der Waals surface area contributed by atoms with Gasteiger partial charge in [0.25, 0.3) is 0 Å². The van der Waals surface area contributed by atoms with Crippen LogP contribution in [0.4, 0.5) is 0 Å². The Labute approximate surface area is 41.2 Å². The Morgan fingerprint density at radius 1 is 1.60 bits per heavy atom. The maximum atomic E-state index is 8.24. The Kier molecular flexibility index (Phi) is 63.3. The molecular weight excluding hydrogens is 168 g/mol. The molecule has 5 heavy (non-hydrogen) atoms. The fraction of sp³-hybridized carbons (Fsp3) is 0. The standard InChI is InChI=1S/CHO2.Ag.O/c2-1-3;;/h(H,2,3);;/q-1;;. The second-order valence-electron chi connectivity index (χ2n) is 0.0913. The summed E-state index contributed by atoms with van der Waals surface area (Å²) in [7, 11) is 0. The van der Waals surface area contributed by atoms with Crippen molar-refractivity contribution in [1.29, 1.82) is 0 Å². The number of hydrogen-bond donors (Lipinski definition) is 1. The number of hydrogen-bond acceptors (Lipinski definition) is 2. The molecular formula is CHAgO3-. The van der Waals surface area contributed by atoms with Crippen molar-refractivity contribution in [1.82, 2.24) is 0 Å². The van der Waals surface area contributed by atoms with Gasteiger partial charge < -0.3 is 9.90 Å². The molecule has 0 aromatic heterocycles. The summed E-state index contributed by atoms with van der Waals surface area (Å²) >= 11 is 1.70. The van der Waals surface area contributed by atoms with Crippen LogP contribution in [0.1, 0.15) is 0 Å². The molecule has 0 aliphatic heterocycles. The predicted octanol–water partition coefficient (Wildman–Crippen LogP) is -0.510. The fourth-order valence-corrected chi connectivity index (χ4v) is 0. The van der Waals surface area contributed by atoms with Gasteiger partial charge in [0.15, 0.2) is 0 Å². The molecule has 0 aliphatic rings. The first kappa shape index (κ1) is 8.89. The van der Waals surface area contributed by atoms with Gasteiger partial charge in [-0.2, -0.15) is 0 Å². The first-order valence-corrected chi connectivity index (χ1v) is 1.16. The van der Waals surface area contributed by atoms with E-state index < -0.39 is 0 Å². The third-order valence-corrected chi connectivity index (χ3v) is 0. The zero-order valence-electron chi connectivity index (χ0n) is 2.07. The third-order valence-electron chi connectivity index (χ3n) is 0. The fourth-order valence-electron chi connectivity index (χ4n) is 0. The average Bonchev–Trinajstić information content (AvgIpc) is 1.46. The van der Waals surface area contributed by atoms with Gasteiger partial charge >= 0.3 is 24.3 Å². The van der Waals surface area contributed by atoms with Crippen molar-refractivity contribution in [2.24, 2.45) is 0 Å². The van der Waals surface area contributed by atoms with Crippen LogP contribution in [-0.2, 0) is 29.1 Å². The van der Waals surface area contributed by atoms with Crippen LogP contribution in [0, 0.1) is 0 Å². The SMILES string of the molecule is O=[C-]O.[O]=[Ag]. The molecule has 0 saturated carbocycles. The van der Waals surface area contributed by atoms with E-state index in [9.17, 15) is 0 Å². The van der Waals surface area contributed by atoms with Crippen molar-refractivity contribution >= 4 is 6.47 Å². The number of rotatable bonds is 0. The molecule has 0 saturated heterocycles. The van der Waals surface area contributed by atoms with Crippen LogP contribution >= 0.6 is 0 Å². The van der Waals surface area contributed by atoms with Crippen LogP contribution in [0.3, 0.4) is 0 Å². The quantitative estimate of drug-likeness (QED) is 0.392. The van der Waals surface area contributed by atoms with E-state index in [2.05, 4.69) is 0 Å². The van der Waals surface area contributed by atoms with E-state index in [1.54, 1.807) is 21.0 Å². The zero-order chi connectivity index (χ0) is 4.71. The van der Waals surface area contributed by atoms with E-state index in [-0.39, 0.29) is 0 Å². The van der Waals surface area contributed by atoms with E-state index >= 15 is 0 Å². The molecule has 0 fully saturated rings. The van der Waals surface area contributed by atoms with Gasteiger partial charge in [-0.1, -0.05) is 6.47 Å². The van der Waals surface area contributed by atoms with Crippen LogP contribution in [0.15, 0.2) is 0 Å². The van der Waals surface area contributed by atoms with Crippen LogP contribution in [0.2, 0.25) is 0 Å². The topological polar surface area (TPSA) is 54.4 Å². The monoisotopic (exact) mass is 168 g/mol. The summed E-state index contributed by atoms with van der Waals surface area (Å²) in [4.78, 5) is 8.24. The Morgan fingerprint density at radius 2 is 1.60 bits per heavy atom. The van der Waals surface area contributed by atoms with E-state index in [1.807, 2.05) is 0 Å². The molecule has 3 nitrogen and oxygen atoms in total. The molecule has 0 heterocycles. The van der Waals surface area contributed by atoms with Gasteiger partial charge in [0, 0.05) is 0 Å². The normalized spacial score (nSPS) is 3.60. The average molecular weight is 169 g/mol.